The Morgan fingerprint density at radius 2 is 1.87 bits per heavy atom. The SMILES string of the molecule is Cc1ccc(SCC(C)(C)CBr)cc1C. The predicted octanol–water partition coefficient (Wildman–Crippen LogP) is 4.82. The summed E-state index contributed by atoms with van der Waals surface area (Å²) in [5.74, 6) is 1.15. The zero-order valence-electron chi connectivity index (χ0n) is 9.93. The third-order valence-corrected chi connectivity index (χ3v) is 5.50. The monoisotopic (exact) mass is 286 g/mol. The van der Waals surface area contributed by atoms with Crippen molar-refractivity contribution in [1.82, 2.24) is 0 Å². The molecule has 2 heteroatoms. The van der Waals surface area contributed by atoms with Gasteiger partial charge in [0.1, 0.15) is 0 Å². The number of alkyl halides is 1. The molecule has 0 nitrogen and oxygen atoms in total. The highest BCUT2D eigenvalue weighted by Gasteiger charge is 2.16. The number of rotatable bonds is 4. The smallest absolute Gasteiger partial charge is 0.00906 e. The molecule has 0 saturated carbocycles. The lowest BCUT2D eigenvalue weighted by molar-refractivity contribution is 0.496. The molecule has 0 aliphatic carbocycles. The molecule has 1 aromatic carbocycles. The zero-order chi connectivity index (χ0) is 11.5. The van der Waals surface area contributed by atoms with Crippen LogP contribution in [0.25, 0.3) is 0 Å². The molecule has 0 radical (unpaired) electrons. The van der Waals surface area contributed by atoms with Gasteiger partial charge in [0.25, 0.3) is 0 Å². The first-order valence-electron chi connectivity index (χ1n) is 5.21. The van der Waals surface area contributed by atoms with Gasteiger partial charge < -0.3 is 0 Å². The van der Waals surface area contributed by atoms with Crippen molar-refractivity contribution < 1.29 is 0 Å². The Balaban J connectivity index is 2.62. The molecule has 0 heterocycles. The topological polar surface area (TPSA) is 0 Å². The van der Waals surface area contributed by atoms with Crippen LogP contribution in [0.5, 0.6) is 0 Å². The second-order valence-electron chi connectivity index (χ2n) is 4.83. The molecule has 0 aromatic heterocycles. The molecule has 0 amide bonds. The van der Waals surface area contributed by atoms with Gasteiger partial charge in [-0.3, -0.25) is 0 Å². The van der Waals surface area contributed by atoms with Crippen molar-refractivity contribution >= 4 is 27.7 Å². The lowest BCUT2D eigenvalue weighted by atomic mass is 10.0. The first-order chi connectivity index (χ1) is 6.94. The average Bonchev–Trinajstić information content (AvgIpc) is 2.20. The van der Waals surface area contributed by atoms with Crippen molar-refractivity contribution in [3.63, 3.8) is 0 Å². The summed E-state index contributed by atoms with van der Waals surface area (Å²) in [6.07, 6.45) is 0. The number of aryl methyl sites for hydroxylation is 2. The Hall–Kier alpha value is 0.0500. The summed E-state index contributed by atoms with van der Waals surface area (Å²) in [6.45, 7) is 8.91. The standard InChI is InChI=1S/C13H19BrS/c1-10-5-6-12(7-11(10)2)15-9-13(3,4)8-14/h5-7H,8-9H2,1-4H3. The molecule has 84 valence electrons. The average molecular weight is 287 g/mol. The fraction of sp³-hybridized carbons (Fsp3) is 0.538. The third-order valence-electron chi connectivity index (χ3n) is 2.47. The minimum absolute atomic E-state index is 0.365. The molecule has 0 aliphatic rings. The van der Waals surface area contributed by atoms with E-state index in [2.05, 4.69) is 61.8 Å². The molecule has 0 aliphatic heterocycles. The van der Waals surface area contributed by atoms with E-state index >= 15 is 0 Å². The third kappa shape index (κ3) is 4.20. The molecule has 1 aromatic rings. The molecule has 0 unspecified atom stereocenters. The van der Waals surface area contributed by atoms with Gasteiger partial charge >= 0.3 is 0 Å². The Morgan fingerprint density at radius 3 is 2.40 bits per heavy atom. The molecular formula is C13H19BrS. The van der Waals surface area contributed by atoms with Gasteiger partial charge in [-0.15, -0.1) is 11.8 Å². The maximum atomic E-state index is 3.56. The van der Waals surface area contributed by atoms with E-state index in [0.717, 1.165) is 11.1 Å². The fourth-order valence-electron chi connectivity index (χ4n) is 1.12. The summed E-state index contributed by atoms with van der Waals surface area (Å²) in [7, 11) is 0. The predicted molar refractivity (Wildman–Crippen MR) is 74.2 cm³/mol. The molecule has 1 rings (SSSR count). The van der Waals surface area contributed by atoms with Gasteiger partial charge in [-0.2, -0.15) is 0 Å². The molecule has 0 fully saturated rings. The van der Waals surface area contributed by atoms with Crippen molar-refractivity contribution in [2.75, 3.05) is 11.1 Å². The van der Waals surface area contributed by atoms with Gasteiger partial charge in [0.2, 0.25) is 0 Å². The van der Waals surface area contributed by atoms with Crippen LogP contribution in [0.4, 0.5) is 0 Å². The van der Waals surface area contributed by atoms with Crippen LogP contribution in [0.1, 0.15) is 25.0 Å². The number of halogens is 1. The first kappa shape index (κ1) is 13.1. The molecule has 0 bridgehead atoms. The normalized spacial score (nSPS) is 11.8. The van der Waals surface area contributed by atoms with Crippen LogP contribution < -0.4 is 0 Å². The van der Waals surface area contributed by atoms with Crippen LogP contribution in [-0.4, -0.2) is 11.1 Å². The van der Waals surface area contributed by atoms with Crippen molar-refractivity contribution in [2.24, 2.45) is 5.41 Å². The minimum Gasteiger partial charge on any atom is -0.126 e. The van der Waals surface area contributed by atoms with Gasteiger partial charge in [-0.05, 0) is 42.5 Å². The molecule has 0 saturated heterocycles. The Labute approximate surface area is 106 Å². The van der Waals surface area contributed by atoms with E-state index in [1.807, 2.05) is 11.8 Å². The van der Waals surface area contributed by atoms with Crippen LogP contribution in [0.15, 0.2) is 23.1 Å². The van der Waals surface area contributed by atoms with Gasteiger partial charge in [-0.25, -0.2) is 0 Å². The van der Waals surface area contributed by atoms with Crippen molar-refractivity contribution in [3.05, 3.63) is 29.3 Å². The number of thioether (sulfide) groups is 1. The van der Waals surface area contributed by atoms with Crippen LogP contribution in [0.3, 0.4) is 0 Å². The highest BCUT2D eigenvalue weighted by Crippen LogP contribution is 2.29. The van der Waals surface area contributed by atoms with E-state index in [1.165, 1.54) is 16.0 Å². The summed E-state index contributed by atoms with van der Waals surface area (Å²) in [4.78, 5) is 1.38. The second-order valence-corrected chi connectivity index (χ2v) is 6.44. The summed E-state index contributed by atoms with van der Waals surface area (Å²) in [6, 6.07) is 6.71. The maximum Gasteiger partial charge on any atom is 0.00906 e. The van der Waals surface area contributed by atoms with Crippen molar-refractivity contribution in [3.8, 4) is 0 Å². The van der Waals surface area contributed by atoms with E-state index < -0.39 is 0 Å². The van der Waals surface area contributed by atoms with E-state index in [-0.39, 0.29) is 0 Å². The number of hydrogen-bond acceptors (Lipinski definition) is 1. The van der Waals surface area contributed by atoms with Crippen molar-refractivity contribution in [1.29, 1.82) is 0 Å². The lowest BCUT2D eigenvalue weighted by Gasteiger charge is -2.20. The number of hydrogen-bond donors (Lipinski definition) is 0. The number of benzene rings is 1. The van der Waals surface area contributed by atoms with E-state index in [0.29, 0.717) is 5.41 Å². The highest BCUT2D eigenvalue weighted by molar-refractivity contribution is 9.09. The van der Waals surface area contributed by atoms with E-state index in [4.69, 9.17) is 0 Å². The molecule has 15 heavy (non-hydrogen) atoms. The largest absolute Gasteiger partial charge is 0.126 e. The van der Waals surface area contributed by atoms with Crippen LogP contribution in [0.2, 0.25) is 0 Å². The quantitative estimate of drug-likeness (QED) is 0.565. The first-order valence-corrected chi connectivity index (χ1v) is 7.31. The molecule has 0 atom stereocenters. The van der Waals surface area contributed by atoms with Gasteiger partial charge in [-0.1, -0.05) is 35.8 Å². The Kier molecular flexibility index (Phi) is 4.72. The zero-order valence-corrected chi connectivity index (χ0v) is 12.3. The van der Waals surface area contributed by atoms with Gasteiger partial charge in [0, 0.05) is 16.0 Å². The lowest BCUT2D eigenvalue weighted by Crippen LogP contribution is -2.15. The Morgan fingerprint density at radius 1 is 1.20 bits per heavy atom. The molecular weight excluding hydrogens is 268 g/mol. The maximum absolute atomic E-state index is 3.56. The molecule has 0 N–H and O–H groups in total. The highest BCUT2D eigenvalue weighted by atomic mass is 79.9. The Bertz CT molecular complexity index is 331. The van der Waals surface area contributed by atoms with Gasteiger partial charge in [0.05, 0.1) is 0 Å². The summed E-state index contributed by atoms with van der Waals surface area (Å²) in [5.41, 5.74) is 3.12. The second kappa shape index (κ2) is 5.40. The van der Waals surface area contributed by atoms with E-state index in [9.17, 15) is 0 Å². The fourth-order valence-corrected chi connectivity index (χ4v) is 2.67. The van der Waals surface area contributed by atoms with E-state index in [1.54, 1.807) is 0 Å². The van der Waals surface area contributed by atoms with Crippen LogP contribution >= 0.6 is 27.7 Å². The van der Waals surface area contributed by atoms with Crippen LogP contribution in [-0.2, 0) is 0 Å². The van der Waals surface area contributed by atoms with Gasteiger partial charge in [0.15, 0.2) is 0 Å². The van der Waals surface area contributed by atoms with Crippen molar-refractivity contribution in [2.45, 2.75) is 32.6 Å². The minimum atomic E-state index is 0.365. The summed E-state index contributed by atoms with van der Waals surface area (Å²) in [5, 5.41) is 1.05. The summed E-state index contributed by atoms with van der Waals surface area (Å²) >= 11 is 5.50. The summed E-state index contributed by atoms with van der Waals surface area (Å²) < 4.78 is 0. The molecule has 0 spiro atoms. The van der Waals surface area contributed by atoms with Crippen LogP contribution in [0, 0.1) is 19.3 Å².